The topological polar surface area (TPSA) is 0 Å². The summed E-state index contributed by atoms with van der Waals surface area (Å²) in [6.07, 6.45) is 5.83. The maximum Gasteiger partial charge on any atom is -0.0271 e. The van der Waals surface area contributed by atoms with E-state index in [1.807, 2.05) is 0 Å². The van der Waals surface area contributed by atoms with Crippen molar-refractivity contribution in [1.82, 2.24) is 0 Å². The molecule has 0 heterocycles. The first-order chi connectivity index (χ1) is 19.8. The van der Waals surface area contributed by atoms with Crippen molar-refractivity contribution in [3.05, 3.63) is 133 Å². The molecule has 0 N–H and O–H groups in total. The van der Waals surface area contributed by atoms with Crippen molar-refractivity contribution >= 4 is 67.8 Å². The number of hydrogen-bond acceptors (Lipinski definition) is 0. The first-order valence-corrected chi connectivity index (χ1v) is 15.5. The van der Waals surface area contributed by atoms with Gasteiger partial charge in [0.15, 0.2) is 0 Å². The summed E-state index contributed by atoms with van der Waals surface area (Å²) in [5, 5.41) is 16.1. The Morgan fingerprint density at radius 1 is 0.429 bits per heavy atom. The molecule has 0 atom stereocenters. The molecule has 1 aliphatic rings. The Labute approximate surface area is 274 Å². The smallest absolute Gasteiger partial charge is 0.0271 e. The predicted molar refractivity (Wildman–Crippen MR) is 173 cm³/mol. The minimum Gasteiger partial charge on any atom is -0.168 e. The molecular formula is C39H30Cl2Zr-2. The Bertz CT molecular complexity index is 1990. The van der Waals surface area contributed by atoms with Gasteiger partial charge in [-0.3, -0.25) is 0 Å². The summed E-state index contributed by atoms with van der Waals surface area (Å²) < 4.78 is 1.79. The van der Waals surface area contributed by atoms with Gasteiger partial charge in [-0.2, -0.15) is 24.3 Å². The Balaban J connectivity index is 0.000000135. The summed E-state index contributed by atoms with van der Waals surface area (Å²) in [5.41, 5.74) is 0. The van der Waals surface area contributed by atoms with Gasteiger partial charge in [0.05, 0.1) is 0 Å². The van der Waals surface area contributed by atoms with Crippen LogP contribution in [0.2, 0.25) is 0 Å². The Hall–Kier alpha value is -3.09. The second-order valence-electron chi connectivity index (χ2n) is 10.8. The van der Waals surface area contributed by atoms with Crippen molar-refractivity contribution in [2.24, 2.45) is 0 Å². The van der Waals surface area contributed by atoms with Gasteiger partial charge in [0.2, 0.25) is 0 Å². The summed E-state index contributed by atoms with van der Waals surface area (Å²) in [6.45, 7) is 0. The summed E-state index contributed by atoms with van der Waals surface area (Å²) in [7, 11) is 0. The van der Waals surface area contributed by atoms with Crippen LogP contribution in [-0.4, -0.2) is 3.21 Å². The van der Waals surface area contributed by atoms with E-state index in [0.717, 1.165) is 0 Å². The molecular weight excluding hydrogens is 631 g/mol. The van der Waals surface area contributed by atoms with Crippen LogP contribution >= 0.6 is 0 Å². The van der Waals surface area contributed by atoms with Crippen molar-refractivity contribution < 1.29 is 49.0 Å². The van der Waals surface area contributed by atoms with Gasteiger partial charge in [0.1, 0.15) is 0 Å². The van der Waals surface area contributed by atoms with Crippen LogP contribution in [0.15, 0.2) is 133 Å². The van der Waals surface area contributed by atoms with E-state index >= 15 is 0 Å². The second kappa shape index (κ2) is 13.5. The molecule has 0 bridgehead atoms. The molecule has 8 aromatic carbocycles. The zero-order chi connectivity index (χ0) is 26.9. The molecule has 0 radical (unpaired) electrons. The standard InChI is InChI=1S/2C17H11.C5H8.2ClH.Zr/c2*1-2-6-15-12(4-1)8-10-14-11-9-13-5-3-7-16(13)17(14)15;1-2-4-5-3-1;;;/h2*1-11H;1-4H2;2*1H;/q2*-1;;;;+2/p-2. The molecule has 206 valence electrons. The van der Waals surface area contributed by atoms with E-state index in [9.17, 15) is 0 Å². The van der Waals surface area contributed by atoms with Crippen LogP contribution in [0.3, 0.4) is 0 Å². The maximum atomic E-state index is 2.21. The van der Waals surface area contributed by atoms with Gasteiger partial charge in [-0.1, -0.05) is 117 Å². The average Bonchev–Trinajstić information content (AvgIpc) is 3.79. The third-order valence-corrected chi connectivity index (χ3v) is 9.48. The van der Waals surface area contributed by atoms with Crippen LogP contribution in [0.5, 0.6) is 0 Å². The fourth-order valence-electron chi connectivity index (χ4n) is 6.23. The van der Waals surface area contributed by atoms with Crippen LogP contribution in [-0.2, 0) is 24.2 Å². The minimum absolute atomic E-state index is 0. The number of halogens is 2. The predicted octanol–water partition coefficient (Wildman–Crippen LogP) is 5.02. The number of fused-ring (bicyclic) bond motifs is 10. The van der Waals surface area contributed by atoms with Gasteiger partial charge < -0.3 is 24.8 Å². The molecule has 1 saturated carbocycles. The van der Waals surface area contributed by atoms with E-state index in [1.165, 1.54) is 90.3 Å². The van der Waals surface area contributed by atoms with Gasteiger partial charge >= 0.3 is 53.1 Å². The zero-order valence-electron chi connectivity index (χ0n) is 23.3. The molecule has 0 aromatic heterocycles. The molecule has 8 aromatic rings. The van der Waals surface area contributed by atoms with E-state index in [4.69, 9.17) is 0 Å². The average molecular weight is 661 g/mol. The van der Waals surface area contributed by atoms with E-state index in [-0.39, 0.29) is 24.8 Å². The van der Waals surface area contributed by atoms with Gasteiger partial charge in [0.25, 0.3) is 0 Å². The third-order valence-electron chi connectivity index (χ3n) is 8.25. The summed E-state index contributed by atoms with van der Waals surface area (Å²) >= 11 is 1.68. The largest absolute Gasteiger partial charge is 0.168 e. The number of rotatable bonds is 0. The Morgan fingerprint density at radius 2 is 0.810 bits per heavy atom. The zero-order valence-corrected chi connectivity index (χ0v) is 27.3. The fourth-order valence-corrected chi connectivity index (χ4v) is 7.10. The molecule has 9 rings (SSSR count). The van der Waals surface area contributed by atoms with Crippen molar-refractivity contribution in [2.75, 3.05) is 0 Å². The van der Waals surface area contributed by atoms with Gasteiger partial charge in [0, 0.05) is 0 Å². The summed E-state index contributed by atoms with van der Waals surface area (Å²) in [4.78, 5) is 0. The monoisotopic (exact) mass is 658 g/mol. The van der Waals surface area contributed by atoms with Crippen LogP contribution in [0, 0.1) is 0 Å². The fraction of sp³-hybridized carbons (Fsp3) is 0.103. The molecule has 0 saturated heterocycles. The van der Waals surface area contributed by atoms with Crippen LogP contribution in [0.25, 0.3) is 64.6 Å². The van der Waals surface area contributed by atoms with E-state index in [2.05, 4.69) is 133 Å². The first-order valence-electron chi connectivity index (χ1n) is 14.2. The first kappa shape index (κ1) is 30.4. The van der Waals surface area contributed by atoms with Crippen molar-refractivity contribution in [3.63, 3.8) is 0 Å². The van der Waals surface area contributed by atoms with Crippen LogP contribution in [0.4, 0.5) is 0 Å². The molecule has 0 spiro atoms. The van der Waals surface area contributed by atoms with E-state index < -0.39 is 0 Å². The minimum atomic E-state index is 0. The molecule has 0 amide bonds. The molecule has 0 aliphatic heterocycles. The number of benzene rings is 6. The summed E-state index contributed by atoms with van der Waals surface area (Å²) in [6, 6.07) is 47.9. The Kier molecular flexibility index (Phi) is 9.75. The van der Waals surface area contributed by atoms with Crippen LogP contribution < -0.4 is 24.8 Å². The van der Waals surface area contributed by atoms with E-state index in [0.29, 0.717) is 0 Å². The summed E-state index contributed by atoms with van der Waals surface area (Å²) in [5.74, 6) is 0. The van der Waals surface area contributed by atoms with Crippen molar-refractivity contribution in [3.8, 4) is 0 Å². The second-order valence-corrected chi connectivity index (χ2v) is 12.5. The van der Waals surface area contributed by atoms with E-state index in [1.54, 1.807) is 27.4 Å². The molecule has 3 heteroatoms. The quantitative estimate of drug-likeness (QED) is 0.159. The molecule has 1 aliphatic carbocycles. The van der Waals surface area contributed by atoms with Crippen molar-refractivity contribution in [1.29, 1.82) is 0 Å². The number of hydrogen-bond donors (Lipinski definition) is 0. The molecule has 0 nitrogen and oxygen atoms in total. The van der Waals surface area contributed by atoms with Crippen LogP contribution in [0.1, 0.15) is 25.7 Å². The Morgan fingerprint density at radius 3 is 1.21 bits per heavy atom. The SMILES string of the molecule is [Cl-].[Cl-].[Zr+2]=[C]1CCCC1.c1ccc2c(c1)ccc1ccc3cc[cH-]c3c12.c1ccc2c(c1)ccc1ccc3cc[cH-]c3c12. The normalized spacial score (nSPS) is 12.6. The van der Waals surface area contributed by atoms with Gasteiger partial charge in [-0.15, -0.1) is 45.8 Å². The van der Waals surface area contributed by atoms with Gasteiger partial charge in [-0.05, 0) is 10.8 Å². The maximum absolute atomic E-state index is 2.21. The van der Waals surface area contributed by atoms with Crippen molar-refractivity contribution in [2.45, 2.75) is 25.7 Å². The molecule has 42 heavy (non-hydrogen) atoms. The molecule has 1 fully saturated rings. The van der Waals surface area contributed by atoms with Gasteiger partial charge in [-0.25, -0.2) is 0 Å². The third kappa shape index (κ3) is 5.89. The molecule has 0 unspecified atom stereocenters.